The third-order valence-corrected chi connectivity index (χ3v) is 6.39. The van der Waals surface area contributed by atoms with Gasteiger partial charge >= 0.3 is 0 Å². The summed E-state index contributed by atoms with van der Waals surface area (Å²) in [7, 11) is 1.51. The van der Waals surface area contributed by atoms with Crippen LogP contribution in [-0.2, 0) is 14.3 Å². The summed E-state index contributed by atoms with van der Waals surface area (Å²) in [4.78, 5) is 29.1. The molecule has 2 aromatic rings. The molecule has 4 rings (SSSR count). The smallest absolute Gasteiger partial charge is 0.295 e. The van der Waals surface area contributed by atoms with Gasteiger partial charge in [-0.15, -0.1) is 0 Å². The van der Waals surface area contributed by atoms with Gasteiger partial charge in [-0.2, -0.15) is 0 Å². The first kappa shape index (κ1) is 23.3. The number of hydrogen-bond acceptors (Lipinski definition) is 5. The van der Waals surface area contributed by atoms with Crippen LogP contribution in [-0.4, -0.2) is 63.1 Å². The fourth-order valence-corrected chi connectivity index (χ4v) is 4.65. The molecule has 33 heavy (non-hydrogen) atoms. The molecule has 0 aromatic heterocycles. The molecular weight excluding hydrogens is 444 g/mol. The summed E-state index contributed by atoms with van der Waals surface area (Å²) in [5.41, 5.74) is 0.901. The summed E-state index contributed by atoms with van der Waals surface area (Å²) in [5.74, 6) is -1.38. The van der Waals surface area contributed by atoms with Crippen LogP contribution in [0, 0.1) is 0 Å². The lowest BCUT2D eigenvalue weighted by Gasteiger charge is -2.29. The van der Waals surface area contributed by atoms with Crippen LogP contribution in [0.4, 0.5) is 0 Å². The van der Waals surface area contributed by atoms with Gasteiger partial charge in [0.1, 0.15) is 18.8 Å². The molecule has 1 unspecified atom stereocenters. The number of rotatable bonds is 7. The molecule has 1 amide bonds. The SMILES string of the molecule is COc1cccc(/C([O-])=C2\C(=O)C(=O)N(CCC[NH+]3CCOCC3)C2c2cccc(Cl)c2)c1. The van der Waals surface area contributed by atoms with E-state index in [1.165, 1.54) is 16.9 Å². The lowest BCUT2D eigenvalue weighted by Crippen LogP contribution is -3.14. The van der Waals surface area contributed by atoms with Crippen molar-refractivity contribution in [1.29, 1.82) is 0 Å². The molecular formula is C25H27ClN2O5. The van der Waals surface area contributed by atoms with Gasteiger partial charge in [-0.3, -0.25) is 9.59 Å². The molecule has 0 bridgehead atoms. The van der Waals surface area contributed by atoms with Crippen molar-refractivity contribution in [3.63, 3.8) is 0 Å². The molecule has 0 radical (unpaired) electrons. The van der Waals surface area contributed by atoms with E-state index >= 15 is 0 Å². The van der Waals surface area contributed by atoms with Gasteiger partial charge in [0.15, 0.2) is 0 Å². The maximum absolute atomic E-state index is 13.5. The van der Waals surface area contributed by atoms with E-state index in [2.05, 4.69) is 0 Å². The van der Waals surface area contributed by atoms with E-state index in [1.54, 1.807) is 48.5 Å². The number of carbonyl (C=O) groups excluding carboxylic acids is 2. The van der Waals surface area contributed by atoms with E-state index < -0.39 is 23.5 Å². The standard InChI is InChI=1S/C25H27ClN2O5/c1-32-20-8-3-6-18(16-20)23(29)21-22(17-5-2-7-19(26)15-17)28(25(31)24(21)30)10-4-9-27-11-13-33-14-12-27/h2-3,5-8,15-16,22,29H,4,9-14H2,1H3/b23-21+. The summed E-state index contributed by atoms with van der Waals surface area (Å²) >= 11 is 6.22. The number of quaternary nitrogens is 1. The third-order valence-electron chi connectivity index (χ3n) is 6.16. The number of morpholine rings is 1. The molecule has 7 nitrogen and oxygen atoms in total. The molecule has 0 spiro atoms. The average molecular weight is 471 g/mol. The first-order chi connectivity index (χ1) is 16.0. The number of amides is 1. The van der Waals surface area contributed by atoms with Crippen LogP contribution >= 0.6 is 11.6 Å². The summed E-state index contributed by atoms with van der Waals surface area (Å²) in [6.07, 6.45) is 0.714. The zero-order valence-corrected chi connectivity index (χ0v) is 19.3. The number of halogens is 1. The molecule has 2 aliphatic rings. The van der Waals surface area contributed by atoms with Gasteiger partial charge in [0.05, 0.1) is 32.9 Å². The van der Waals surface area contributed by atoms with Gasteiger partial charge in [0.25, 0.3) is 5.91 Å². The molecule has 1 atom stereocenters. The zero-order valence-electron chi connectivity index (χ0n) is 18.5. The quantitative estimate of drug-likeness (QED) is 0.369. The molecule has 2 heterocycles. The molecule has 2 aliphatic heterocycles. The number of benzene rings is 2. The van der Waals surface area contributed by atoms with E-state index in [1.807, 2.05) is 0 Å². The van der Waals surface area contributed by atoms with Crippen molar-refractivity contribution in [2.24, 2.45) is 0 Å². The highest BCUT2D eigenvalue weighted by Gasteiger charge is 2.44. The fourth-order valence-electron chi connectivity index (χ4n) is 4.45. The number of likely N-dealkylation sites (tertiary alicyclic amines) is 1. The fraction of sp³-hybridized carbons (Fsp3) is 0.360. The Kier molecular flexibility index (Phi) is 7.33. The number of methoxy groups -OCH3 is 1. The summed E-state index contributed by atoms with van der Waals surface area (Å²) in [6, 6.07) is 12.8. The highest BCUT2D eigenvalue weighted by Crippen LogP contribution is 2.39. The highest BCUT2D eigenvalue weighted by atomic mass is 35.5. The van der Waals surface area contributed by atoms with E-state index in [0.717, 1.165) is 32.8 Å². The third kappa shape index (κ3) is 5.05. The molecule has 174 valence electrons. The van der Waals surface area contributed by atoms with E-state index in [-0.39, 0.29) is 5.57 Å². The number of hydrogen-bond donors (Lipinski definition) is 1. The Balaban J connectivity index is 1.68. The minimum atomic E-state index is -0.776. The van der Waals surface area contributed by atoms with Gasteiger partial charge in [0.2, 0.25) is 5.78 Å². The lowest BCUT2D eigenvalue weighted by atomic mass is 9.95. The molecule has 2 aromatic carbocycles. The maximum Gasteiger partial charge on any atom is 0.295 e. The van der Waals surface area contributed by atoms with Gasteiger partial charge in [-0.25, -0.2) is 0 Å². The number of carbonyl (C=O) groups is 2. The molecule has 8 heteroatoms. The van der Waals surface area contributed by atoms with Crippen molar-refractivity contribution in [2.45, 2.75) is 12.5 Å². The Morgan fingerprint density at radius 2 is 1.94 bits per heavy atom. The minimum absolute atomic E-state index is 0.0470. The predicted octanol–water partition coefficient (Wildman–Crippen LogP) is 0.878. The number of nitrogens with zero attached hydrogens (tertiary/aromatic N) is 1. The van der Waals surface area contributed by atoms with Gasteiger partial charge in [-0.05, 0) is 35.4 Å². The Bertz CT molecular complexity index is 1060. The van der Waals surface area contributed by atoms with E-state index in [4.69, 9.17) is 21.1 Å². The van der Waals surface area contributed by atoms with Crippen LogP contribution in [0.15, 0.2) is 54.1 Å². The molecule has 0 saturated carbocycles. The molecule has 1 N–H and O–H groups in total. The predicted molar refractivity (Wildman–Crippen MR) is 122 cm³/mol. The number of nitrogens with one attached hydrogen (secondary N) is 1. The van der Waals surface area contributed by atoms with Crippen molar-refractivity contribution in [2.75, 3.05) is 46.5 Å². The summed E-state index contributed by atoms with van der Waals surface area (Å²) in [5, 5.41) is 13.9. The molecule has 2 saturated heterocycles. The highest BCUT2D eigenvalue weighted by molar-refractivity contribution is 6.46. The minimum Gasteiger partial charge on any atom is -0.872 e. The topological polar surface area (TPSA) is 83.3 Å². The number of ether oxygens (including phenoxy) is 2. The Labute approximate surface area is 198 Å². The van der Waals surface area contributed by atoms with Gasteiger partial charge in [-0.1, -0.05) is 41.6 Å². The van der Waals surface area contributed by atoms with Crippen LogP contribution in [0.2, 0.25) is 5.02 Å². The Morgan fingerprint density at radius 1 is 1.18 bits per heavy atom. The first-order valence-corrected chi connectivity index (χ1v) is 11.4. The largest absolute Gasteiger partial charge is 0.872 e. The first-order valence-electron chi connectivity index (χ1n) is 11.1. The number of Topliss-reactive ketones (excluding diaryl/α,β-unsaturated/α-hetero) is 1. The van der Waals surface area contributed by atoms with Crippen LogP contribution < -0.4 is 14.7 Å². The second kappa shape index (κ2) is 10.4. The van der Waals surface area contributed by atoms with Crippen molar-refractivity contribution < 1.29 is 29.1 Å². The van der Waals surface area contributed by atoms with Crippen LogP contribution in [0.5, 0.6) is 5.75 Å². The van der Waals surface area contributed by atoms with E-state index in [9.17, 15) is 14.7 Å². The van der Waals surface area contributed by atoms with Gasteiger partial charge < -0.3 is 24.4 Å². The van der Waals surface area contributed by atoms with E-state index in [0.29, 0.717) is 34.9 Å². The molecule has 2 fully saturated rings. The maximum atomic E-state index is 13.5. The van der Waals surface area contributed by atoms with Gasteiger partial charge in [0, 0.05) is 23.6 Å². The summed E-state index contributed by atoms with van der Waals surface area (Å²) < 4.78 is 10.6. The van der Waals surface area contributed by atoms with Crippen molar-refractivity contribution in [3.8, 4) is 5.75 Å². The van der Waals surface area contributed by atoms with Crippen LogP contribution in [0.3, 0.4) is 0 Å². The average Bonchev–Trinajstić information content (AvgIpc) is 3.09. The second-order valence-corrected chi connectivity index (χ2v) is 8.66. The zero-order chi connectivity index (χ0) is 23.4. The second-order valence-electron chi connectivity index (χ2n) is 8.23. The Hall–Kier alpha value is -2.87. The Morgan fingerprint density at radius 3 is 2.67 bits per heavy atom. The van der Waals surface area contributed by atoms with Crippen LogP contribution in [0.1, 0.15) is 23.6 Å². The normalized spacial score (nSPS) is 20.9. The van der Waals surface area contributed by atoms with Crippen molar-refractivity contribution >= 4 is 29.1 Å². The summed E-state index contributed by atoms with van der Waals surface area (Å²) in [6.45, 7) is 4.56. The van der Waals surface area contributed by atoms with Crippen molar-refractivity contribution in [1.82, 2.24) is 4.90 Å². The molecule has 0 aliphatic carbocycles. The van der Waals surface area contributed by atoms with Crippen molar-refractivity contribution in [3.05, 3.63) is 70.3 Å². The van der Waals surface area contributed by atoms with Crippen LogP contribution in [0.25, 0.3) is 5.76 Å². The lowest BCUT2D eigenvalue weighted by molar-refractivity contribution is -0.908. The monoisotopic (exact) mass is 470 g/mol. The number of ketones is 1.